The summed E-state index contributed by atoms with van der Waals surface area (Å²) in [5.74, 6) is 0. The molecule has 83 valence electrons. The Kier molecular flexibility index (Phi) is 7.78. The number of rotatable bonds is 3. The average molecular weight is 213 g/mol. The van der Waals surface area contributed by atoms with E-state index in [0.717, 1.165) is 5.66 Å². The molecule has 14 heavy (non-hydrogen) atoms. The molecule has 0 N–H and O–H groups in total. The maximum Gasteiger partial charge on any atom is -0.0170 e. The Balaban J connectivity index is 2.16. The number of hydrogen-bond acceptors (Lipinski definition) is 0. The fourth-order valence-electron chi connectivity index (χ4n) is 2.28. The van der Waals surface area contributed by atoms with E-state index in [9.17, 15) is 0 Å². The third-order valence-electron chi connectivity index (χ3n) is 3.19. The van der Waals surface area contributed by atoms with Crippen LogP contribution in [0, 0.1) is 0 Å². The van der Waals surface area contributed by atoms with Gasteiger partial charge in [-0.2, -0.15) is 0 Å². The van der Waals surface area contributed by atoms with E-state index in [2.05, 4.69) is 6.92 Å². The van der Waals surface area contributed by atoms with Crippen molar-refractivity contribution < 1.29 is 0 Å². The number of hydrogen-bond donors (Lipinski definition) is 0. The summed E-state index contributed by atoms with van der Waals surface area (Å²) in [6.45, 7) is 2.31. The molecule has 0 aliphatic heterocycles. The lowest BCUT2D eigenvalue weighted by atomic mass is 10.0. The molecule has 0 aromatic rings. The fourth-order valence-corrected chi connectivity index (χ4v) is 3.64. The fraction of sp³-hybridized carbons (Fsp3) is 1.00. The van der Waals surface area contributed by atoms with Gasteiger partial charge in [-0.1, -0.05) is 66.9 Å². The van der Waals surface area contributed by atoms with E-state index in [0.29, 0.717) is 0 Å². The molecule has 1 rings (SSSR count). The third-order valence-corrected chi connectivity index (χ3v) is 4.92. The van der Waals surface area contributed by atoms with Crippen LogP contribution in [-0.2, 0) is 0 Å². The van der Waals surface area contributed by atoms with Gasteiger partial charge in [0.05, 0.1) is 0 Å². The van der Waals surface area contributed by atoms with Crippen LogP contribution in [0.15, 0.2) is 0 Å². The first-order valence-electron chi connectivity index (χ1n) is 6.60. The lowest BCUT2D eigenvalue weighted by molar-refractivity contribution is 0.509. The van der Waals surface area contributed by atoms with E-state index in [4.69, 9.17) is 0 Å². The molecule has 0 saturated heterocycles. The Hall–Kier alpha value is 0.430. The molecule has 1 fully saturated rings. The van der Waals surface area contributed by atoms with E-state index in [1.807, 2.05) is 0 Å². The van der Waals surface area contributed by atoms with Crippen LogP contribution in [0.4, 0.5) is 0 Å². The van der Waals surface area contributed by atoms with Gasteiger partial charge < -0.3 is 0 Å². The van der Waals surface area contributed by atoms with E-state index < -0.39 is 0 Å². The summed E-state index contributed by atoms with van der Waals surface area (Å²) in [6, 6.07) is 0. The van der Waals surface area contributed by atoms with Crippen molar-refractivity contribution in [3.8, 4) is 0 Å². The lowest BCUT2D eigenvalue weighted by Crippen LogP contribution is -2.03. The summed E-state index contributed by atoms with van der Waals surface area (Å²) in [5.41, 5.74) is 1.05. The van der Waals surface area contributed by atoms with Crippen molar-refractivity contribution in [1.82, 2.24) is 0 Å². The molecular formula is C13H26P. The summed E-state index contributed by atoms with van der Waals surface area (Å²) in [4.78, 5) is 0. The van der Waals surface area contributed by atoms with Crippen LogP contribution in [0.2, 0.25) is 0 Å². The predicted octanol–water partition coefficient (Wildman–Crippen LogP) is 5.24. The summed E-state index contributed by atoms with van der Waals surface area (Å²) < 4.78 is 0. The Bertz CT molecular complexity index is 112. The zero-order valence-electron chi connectivity index (χ0n) is 9.80. The summed E-state index contributed by atoms with van der Waals surface area (Å²) in [7, 11) is 1.75. The van der Waals surface area contributed by atoms with E-state index in [1.165, 1.54) is 70.4 Å². The van der Waals surface area contributed by atoms with Crippen LogP contribution in [0.3, 0.4) is 0 Å². The van der Waals surface area contributed by atoms with Gasteiger partial charge in [0.15, 0.2) is 0 Å². The van der Waals surface area contributed by atoms with Crippen molar-refractivity contribution in [2.75, 3.05) is 6.16 Å². The molecule has 1 aliphatic rings. The molecular weight excluding hydrogens is 187 g/mol. The van der Waals surface area contributed by atoms with Crippen molar-refractivity contribution in [1.29, 1.82) is 0 Å². The first-order chi connectivity index (χ1) is 6.93. The minimum Gasteiger partial charge on any atom is -0.0775 e. The monoisotopic (exact) mass is 213 g/mol. The van der Waals surface area contributed by atoms with Crippen molar-refractivity contribution in [3.05, 3.63) is 0 Å². The highest BCUT2D eigenvalue weighted by Gasteiger charge is 2.09. The van der Waals surface area contributed by atoms with Crippen LogP contribution >= 0.6 is 8.58 Å². The molecule has 1 radical (unpaired) electrons. The molecule has 1 heteroatoms. The quantitative estimate of drug-likeness (QED) is 0.563. The Morgan fingerprint density at radius 3 is 1.86 bits per heavy atom. The standard InChI is InChI=1S/C13H26P/c1-2-12-14-13-10-8-6-4-3-5-7-9-11-13/h13H,2-12H2,1H3. The van der Waals surface area contributed by atoms with Gasteiger partial charge in [0.25, 0.3) is 0 Å². The molecule has 0 unspecified atom stereocenters. The van der Waals surface area contributed by atoms with Gasteiger partial charge >= 0.3 is 0 Å². The normalized spacial score (nSPS) is 22.9. The van der Waals surface area contributed by atoms with Crippen LogP contribution < -0.4 is 0 Å². The Labute approximate surface area is 92.0 Å². The van der Waals surface area contributed by atoms with Gasteiger partial charge in [0.2, 0.25) is 0 Å². The van der Waals surface area contributed by atoms with Gasteiger partial charge in [-0.25, -0.2) is 0 Å². The molecule has 0 aromatic carbocycles. The van der Waals surface area contributed by atoms with E-state index >= 15 is 0 Å². The molecule has 0 amide bonds. The molecule has 0 aromatic heterocycles. The van der Waals surface area contributed by atoms with Crippen LogP contribution in [0.1, 0.15) is 71.1 Å². The van der Waals surface area contributed by atoms with Crippen molar-refractivity contribution in [2.45, 2.75) is 76.8 Å². The highest BCUT2D eigenvalue weighted by atomic mass is 31.1. The molecule has 1 aliphatic carbocycles. The molecule has 0 bridgehead atoms. The minimum absolute atomic E-state index is 1.05. The second kappa shape index (κ2) is 8.72. The molecule has 0 heterocycles. The van der Waals surface area contributed by atoms with Gasteiger partial charge in [-0.15, -0.1) is 0 Å². The smallest absolute Gasteiger partial charge is 0.0170 e. The highest BCUT2D eigenvalue weighted by molar-refractivity contribution is 7.38. The Morgan fingerprint density at radius 2 is 1.36 bits per heavy atom. The zero-order chi connectivity index (χ0) is 10.1. The lowest BCUT2D eigenvalue weighted by Gasteiger charge is -2.17. The Morgan fingerprint density at radius 1 is 0.857 bits per heavy atom. The van der Waals surface area contributed by atoms with E-state index in [-0.39, 0.29) is 0 Å². The zero-order valence-corrected chi connectivity index (χ0v) is 10.7. The molecule has 0 spiro atoms. The van der Waals surface area contributed by atoms with Gasteiger partial charge in [-0.05, 0) is 24.7 Å². The summed E-state index contributed by atoms with van der Waals surface area (Å²) >= 11 is 0. The largest absolute Gasteiger partial charge is 0.0775 e. The van der Waals surface area contributed by atoms with Crippen molar-refractivity contribution in [3.63, 3.8) is 0 Å². The third kappa shape index (κ3) is 6.02. The van der Waals surface area contributed by atoms with Gasteiger partial charge in [0, 0.05) is 0 Å². The van der Waals surface area contributed by atoms with E-state index in [1.54, 1.807) is 8.58 Å². The first-order valence-corrected chi connectivity index (χ1v) is 7.75. The minimum atomic E-state index is 1.05. The van der Waals surface area contributed by atoms with Gasteiger partial charge in [0.1, 0.15) is 0 Å². The average Bonchev–Trinajstić information content (AvgIpc) is 2.23. The second-order valence-electron chi connectivity index (χ2n) is 4.61. The van der Waals surface area contributed by atoms with Crippen LogP contribution in [0.25, 0.3) is 0 Å². The summed E-state index contributed by atoms with van der Waals surface area (Å²) in [6.07, 6.45) is 16.3. The summed E-state index contributed by atoms with van der Waals surface area (Å²) in [5, 5.41) is 0. The molecule has 0 atom stereocenters. The predicted molar refractivity (Wildman–Crippen MR) is 67.4 cm³/mol. The SMILES string of the molecule is CCC[P]C1CCCCCCCCC1. The molecule has 0 nitrogen and oxygen atoms in total. The second-order valence-corrected chi connectivity index (χ2v) is 6.15. The maximum absolute atomic E-state index is 2.31. The maximum atomic E-state index is 2.31. The van der Waals surface area contributed by atoms with Crippen molar-refractivity contribution in [2.24, 2.45) is 0 Å². The molecule has 1 saturated carbocycles. The first kappa shape index (κ1) is 12.5. The topological polar surface area (TPSA) is 0 Å². The van der Waals surface area contributed by atoms with Crippen molar-refractivity contribution >= 4 is 8.58 Å². The van der Waals surface area contributed by atoms with Crippen LogP contribution in [0.5, 0.6) is 0 Å². The van der Waals surface area contributed by atoms with Gasteiger partial charge in [-0.3, -0.25) is 0 Å². The highest BCUT2D eigenvalue weighted by Crippen LogP contribution is 2.30. The van der Waals surface area contributed by atoms with Crippen LogP contribution in [-0.4, -0.2) is 11.8 Å².